The van der Waals surface area contributed by atoms with Crippen LogP contribution in [0, 0.1) is 0 Å². The SMILES string of the molecule is NCC(C(=O)O)c1cncc(C(F)F)c1. The fraction of sp³-hybridized carbons (Fsp3) is 0.333. The van der Waals surface area contributed by atoms with Gasteiger partial charge >= 0.3 is 5.97 Å². The lowest BCUT2D eigenvalue weighted by Gasteiger charge is -2.10. The lowest BCUT2D eigenvalue weighted by molar-refractivity contribution is -0.138. The Balaban J connectivity index is 3.03. The molecule has 1 heterocycles. The molecule has 82 valence electrons. The number of hydrogen-bond acceptors (Lipinski definition) is 3. The fourth-order valence-corrected chi connectivity index (χ4v) is 1.17. The molecule has 3 N–H and O–H groups in total. The quantitative estimate of drug-likeness (QED) is 0.791. The van der Waals surface area contributed by atoms with Crippen LogP contribution >= 0.6 is 0 Å². The molecule has 1 aromatic heterocycles. The summed E-state index contributed by atoms with van der Waals surface area (Å²) in [5, 5.41) is 8.76. The molecule has 0 spiro atoms. The van der Waals surface area contributed by atoms with Crippen molar-refractivity contribution >= 4 is 5.97 Å². The van der Waals surface area contributed by atoms with Gasteiger partial charge in [-0.05, 0) is 11.6 Å². The van der Waals surface area contributed by atoms with Crippen molar-refractivity contribution in [2.75, 3.05) is 6.54 Å². The van der Waals surface area contributed by atoms with Crippen molar-refractivity contribution in [1.82, 2.24) is 4.98 Å². The van der Waals surface area contributed by atoms with Gasteiger partial charge < -0.3 is 10.8 Å². The Morgan fingerprint density at radius 3 is 2.53 bits per heavy atom. The van der Waals surface area contributed by atoms with E-state index in [1.165, 1.54) is 6.20 Å². The van der Waals surface area contributed by atoms with E-state index in [1.807, 2.05) is 0 Å². The molecule has 4 nitrogen and oxygen atoms in total. The molecule has 1 unspecified atom stereocenters. The third kappa shape index (κ3) is 2.69. The first-order valence-electron chi connectivity index (χ1n) is 4.22. The van der Waals surface area contributed by atoms with Gasteiger partial charge in [0.15, 0.2) is 0 Å². The van der Waals surface area contributed by atoms with Crippen LogP contribution in [0.1, 0.15) is 23.5 Å². The van der Waals surface area contributed by atoms with Gasteiger partial charge in [0, 0.05) is 24.5 Å². The maximum absolute atomic E-state index is 12.3. The molecule has 0 fully saturated rings. The number of carbonyl (C=O) groups is 1. The lowest BCUT2D eigenvalue weighted by Crippen LogP contribution is -2.21. The number of carboxylic acid groups (broad SMARTS) is 1. The molecule has 1 rings (SSSR count). The highest BCUT2D eigenvalue weighted by atomic mass is 19.3. The van der Waals surface area contributed by atoms with Gasteiger partial charge in [-0.15, -0.1) is 0 Å². The number of halogens is 2. The van der Waals surface area contributed by atoms with Crippen LogP contribution in [0.5, 0.6) is 0 Å². The average molecular weight is 216 g/mol. The average Bonchev–Trinajstić information content (AvgIpc) is 2.18. The summed E-state index contributed by atoms with van der Waals surface area (Å²) in [6.07, 6.45) is -0.425. The highest BCUT2D eigenvalue weighted by Gasteiger charge is 2.19. The fourth-order valence-electron chi connectivity index (χ4n) is 1.17. The minimum absolute atomic E-state index is 0.149. The highest BCUT2D eigenvalue weighted by molar-refractivity contribution is 5.76. The number of carboxylic acids is 1. The zero-order chi connectivity index (χ0) is 11.4. The van der Waals surface area contributed by atoms with Crippen molar-refractivity contribution < 1.29 is 18.7 Å². The normalized spacial score (nSPS) is 12.8. The van der Waals surface area contributed by atoms with Crippen molar-refractivity contribution in [3.63, 3.8) is 0 Å². The smallest absolute Gasteiger partial charge is 0.312 e. The second kappa shape index (κ2) is 4.79. The van der Waals surface area contributed by atoms with Crippen molar-refractivity contribution in [2.24, 2.45) is 5.73 Å². The molecule has 15 heavy (non-hydrogen) atoms. The van der Waals surface area contributed by atoms with Gasteiger partial charge in [0.1, 0.15) is 0 Å². The standard InChI is InChI=1S/C9H10F2N2O2/c10-8(11)6-1-5(3-13-4-6)7(2-12)9(14)15/h1,3-4,7-8H,2,12H2,(H,14,15). The molecular weight excluding hydrogens is 206 g/mol. The molecule has 0 aliphatic carbocycles. The summed E-state index contributed by atoms with van der Waals surface area (Å²) >= 11 is 0. The number of nitrogens with two attached hydrogens (primary N) is 1. The van der Waals surface area contributed by atoms with Crippen molar-refractivity contribution in [3.8, 4) is 0 Å². The molecule has 1 atom stereocenters. The molecule has 0 radical (unpaired) electrons. The third-order valence-corrected chi connectivity index (χ3v) is 1.97. The predicted octanol–water partition coefficient (Wildman–Crippen LogP) is 1.15. The van der Waals surface area contributed by atoms with Crippen molar-refractivity contribution in [3.05, 3.63) is 29.6 Å². The molecule has 0 aromatic carbocycles. The summed E-state index contributed by atoms with van der Waals surface area (Å²) in [6.45, 7) is -0.149. The Morgan fingerprint density at radius 1 is 1.47 bits per heavy atom. The van der Waals surface area contributed by atoms with E-state index >= 15 is 0 Å². The Bertz CT molecular complexity index is 358. The third-order valence-electron chi connectivity index (χ3n) is 1.97. The summed E-state index contributed by atoms with van der Waals surface area (Å²) in [5.74, 6) is -2.14. The number of rotatable bonds is 4. The van der Waals surface area contributed by atoms with Gasteiger partial charge in [0.05, 0.1) is 5.92 Å². The lowest BCUT2D eigenvalue weighted by atomic mass is 10.0. The number of nitrogens with zero attached hydrogens (tertiary/aromatic N) is 1. The Morgan fingerprint density at radius 2 is 2.07 bits per heavy atom. The van der Waals surface area contributed by atoms with E-state index in [0.29, 0.717) is 0 Å². The summed E-state index contributed by atoms with van der Waals surface area (Å²) in [4.78, 5) is 14.3. The zero-order valence-corrected chi connectivity index (χ0v) is 7.73. The minimum Gasteiger partial charge on any atom is -0.481 e. The Labute approximate surface area is 84.7 Å². The van der Waals surface area contributed by atoms with E-state index in [0.717, 1.165) is 12.3 Å². The van der Waals surface area contributed by atoms with Crippen LogP contribution in [0.3, 0.4) is 0 Å². The summed E-state index contributed by atoms with van der Waals surface area (Å²) in [6, 6.07) is 1.11. The molecule has 0 saturated heterocycles. The maximum atomic E-state index is 12.3. The first-order chi connectivity index (χ1) is 7.06. The maximum Gasteiger partial charge on any atom is 0.312 e. The van der Waals surface area contributed by atoms with Crippen LogP contribution in [0.4, 0.5) is 8.78 Å². The molecule has 1 aromatic rings. The van der Waals surface area contributed by atoms with Crippen LogP contribution in [0.25, 0.3) is 0 Å². The van der Waals surface area contributed by atoms with Crippen LogP contribution in [0.15, 0.2) is 18.5 Å². The first-order valence-corrected chi connectivity index (χ1v) is 4.22. The monoisotopic (exact) mass is 216 g/mol. The molecule has 0 bridgehead atoms. The number of hydrogen-bond donors (Lipinski definition) is 2. The van der Waals surface area contributed by atoms with Gasteiger partial charge in [0.25, 0.3) is 6.43 Å². The number of aromatic nitrogens is 1. The predicted molar refractivity (Wildman–Crippen MR) is 48.6 cm³/mol. The summed E-state index contributed by atoms with van der Waals surface area (Å²) in [7, 11) is 0. The molecule has 0 saturated carbocycles. The van der Waals surface area contributed by atoms with E-state index in [1.54, 1.807) is 0 Å². The van der Waals surface area contributed by atoms with Crippen LogP contribution < -0.4 is 5.73 Å². The second-order valence-electron chi connectivity index (χ2n) is 2.98. The first kappa shape index (κ1) is 11.5. The number of alkyl halides is 2. The van der Waals surface area contributed by atoms with E-state index in [9.17, 15) is 13.6 Å². The van der Waals surface area contributed by atoms with Gasteiger partial charge in [-0.2, -0.15) is 0 Å². The second-order valence-corrected chi connectivity index (χ2v) is 2.98. The molecule has 0 amide bonds. The van der Waals surface area contributed by atoms with Gasteiger partial charge in [0.2, 0.25) is 0 Å². The Kier molecular flexibility index (Phi) is 3.68. The van der Waals surface area contributed by atoms with Crippen LogP contribution in [0.2, 0.25) is 0 Å². The van der Waals surface area contributed by atoms with Gasteiger partial charge in [-0.25, -0.2) is 8.78 Å². The zero-order valence-electron chi connectivity index (χ0n) is 7.73. The van der Waals surface area contributed by atoms with Gasteiger partial charge in [-0.3, -0.25) is 9.78 Å². The highest BCUT2D eigenvalue weighted by Crippen LogP contribution is 2.22. The largest absolute Gasteiger partial charge is 0.481 e. The van der Waals surface area contributed by atoms with E-state index in [2.05, 4.69) is 4.98 Å². The van der Waals surface area contributed by atoms with Crippen molar-refractivity contribution in [2.45, 2.75) is 12.3 Å². The summed E-state index contributed by atoms with van der Waals surface area (Å²) < 4.78 is 24.6. The van der Waals surface area contributed by atoms with Crippen LogP contribution in [-0.2, 0) is 4.79 Å². The van der Waals surface area contributed by atoms with E-state index in [4.69, 9.17) is 10.8 Å². The van der Waals surface area contributed by atoms with Crippen LogP contribution in [-0.4, -0.2) is 22.6 Å². The van der Waals surface area contributed by atoms with Gasteiger partial charge in [-0.1, -0.05) is 0 Å². The molecule has 0 aliphatic heterocycles. The van der Waals surface area contributed by atoms with Crippen molar-refractivity contribution in [1.29, 1.82) is 0 Å². The topological polar surface area (TPSA) is 76.2 Å². The number of pyridine rings is 1. The van der Waals surface area contributed by atoms with E-state index < -0.39 is 18.3 Å². The molecule has 6 heteroatoms. The molecular formula is C9H10F2N2O2. The molecule has 0 aliphatic rings. The summed E-state index contributed by atoms with van der Waals surface area (Å²) in [5.41, 5.74) is 5.13. The minimum atomic E-state index is -2.66. The number of aliphatic carboxylic acids is 1. The van der Waals surface area contributed by atoms with E-state index in [-0.39, 0.29) is 17.7 Å². The Hall–Kier alpha value is -1.56.